The molecular weight excluding hydrogens is 283 g/mol. The highest BCUT2D eigenvalue weighted by Crippen LogP contribution is 2.32. The van der Waals surface area contributed by atoms with Crippen molar-refractivity contribution in [2.24, 2.45) is 0 Å². The lowest BCUT2D eigenvalue weighted by atomic mass is 10.1. The molecule has 2 rings (SSSR count). The highest BCUT2D eigenvalue weighted by Gasteiger charge is 2.34. The van der Waals surface area contributed by atoms with Crippen molar-refractivity contribution < 1.29 is 23.1 Å². The Morgan fingerprint density at radius 3 is 2.43 bits per heavy atom. The number of phenolic OH excluding ortho intramolecular Hbond substituents is 1. The van der Waals surface area contributed by atoms with Crippen molar-refractivity contribution in [3.8, 4) is 5.75 Å². The van der Waals surface area contributed by atoms with Crippen LogP contribution in [0.1, 0.15) is 21.5 Å². The van der Waals surface area contributed by atoms with E-state index in [1.807, 2.05) is 0 Å². The standard InChI is InChI=1S/C15H12F3NO2/c1-9-6-7-12(13(20)8-9)19-14(21)10-4-2-3-5-11(10)15(16,17)18/h2-8,20H,1H3,(H,19,21). The van der Waals surface area contributed by atoms with Crippen molar-refractivity contribution in [1.29, 1.82) is 0 Å². The quantitative estimate of drug-likeness (QED) is 0.824. The van der Waals surface area contributed by atoms with Crippen molar-refractivity contribution in [3.63, 3.8) is 0 Å². The fourth-order valence-corrected chi connectivity index (χ4v) is 1.87. The molecule has 0 aliphatic rings. The summed E-state index contributed by atoms with van der Waals surface area (Å²) in [6, 6.07) is 8.95. The summed E-state index contributed by atoms with van der Waals surface area (Å²) in [6.07, 6.45) is -4.62. The first-order valence-electron chi connectivity index (χ1n) is 6.06. The van der Waals surface area contributed by atoms with Gasteiger partial charge in [0.2, 0.25) is 0 Å². The molecule has 21 heavy (non-hydrogen) atoms. The topological polar surface area (TPSA) is 49.3 Å². The third kappa shape index (κ3) is 3.34. The molecule has 6 heteroatoms. The van der Waals surface area contributed by atoms with Gasteiger partial charge in [0.25, 0.3) is 5.91 Å². The number of alkyl halides is 3. The van der Waals surface area contributed by atoms with Crippen LogP contribution in [0.3, 0.4) is 0 Å². The normalized spacial score (nSPS) is 11.2. The van der Waals surface area contributed by atoms with Crippen LogP contribution in [0.15, 0.2) is 42.5 Å². The molecule has 3 nitrogen and oxygen atoms in total. The molecule has 1 amide bonds. The zero-order chi connectivity index (χ0) is 15.6. The van der Waals surface area contributed by atoms with Gasteiger partial charge in [0.1, 0.15) is 5.75 Å². The lowest BCUT2D eigenvalue weighted by Gasteiger charge is -2.13. The molecule has 0 saturated heterocycles. The number of aromatic hydroxyl groups is 1. The first-order chi connectivity index (χ1) is 9.79. The number of hydrogen-bond donors (Lipinski definition) is 2. The van der Waals surface area contributed by atoms with E-state index in [0.29, 0.717) is 0 Å². The van der Waals surface area contributed by atoms with Crippen LogP contribution in [0.5, 0.6) is 5.75 Å². The zero-order valence-corrected chi connectivity index (χ0v) is 11.0. The van der Waals surface area contributed by atoms with Crippen molar-refractivity contribution in [1.82, 2.24) is 0 Å². The van der Waals surface area contributed by atoms with Gasteiger partial charge in [-0.1, -0.05) is 18.2 Å². The Hall–Kier alpha value is -2.50. The SMILES string of the molecule is Cc1ccc(NC(=O)c2ccccc2C(F)(F)F)c(O)c1. The summed E-state index contributed by atoms with van der Waals surface area (Å²) >= 11 is 0. The fraction of sp³-hybridized carbons (Fsp3) is 0.133. The van der Waals surface area contributed by atoms with Crippen LogP contribution in [0.25, 0.3) is 0 Å². The molecule has 0 heterocycles. The molecule has 0 fully saturated rings. The first-order valence-corrected chi connectivity index (χ1v) is 6.06. The monoisotopic (exact) mass is 295 g/mol. The predicted octanol–water partition coefficient (Wildman–Crippen LogP) is 3.97. The number of amides is 1. The Kier molecular flexibility index (Phi) is 3.88. The number of nitrogens with one attached hydrogen (secondary N) is 1. The maximum Gasteiger partial charge on any atom is 0.417 e. The smallest absolute Gasteiger partial charge is 0.417 e. The molecular formula is C15H12F3NO2. The number of aryl methyl sites for hydroxylation is 1. The van der Waals surface area contributed by atoms with Crippen LogP contribution in [0, 0.1) is 6.92 Å². The van der Waals surface area contributed by atoms with Gasteiger partial charge in [0.05, 0.1) is 16.8 Å². The van der Waals surface area contributed by atoms with Gasteiger partial charge in [0.15, 0.2) is 0 Å². The number of halogens is 3. The number of benzene rings is 2. The number of anilines is 1. The van der Waals surface area contributed by atoms with Crippen LogP contribution < -0.4 is 5.32 Å². The molecule has 0 bridgehead atoms. The molecule has 0 unspecified atom stereocenters. The van der Waals surface area contributed by atoms with E-state index in [1.165, 1.54) is 24.3 Å². The summed E-state index contributed by atoms with van der Waals surface area (Å²) < 4.78 is 38.6. The number of carbonyl (C=O) groups excluding carboxylic acids is 1. The van der Waals surface area contributed by atoms with E-state index >= 15 is 0 Å². The van der Waals surface area contributed by atoms with E-state index in [1.54, 1.807) is 13.0 Å². The minimum absolute atomic E-state index is 0.0579. The molecule has 2 N–H and O–H groups in total. The van der Waals surface area contributed by atoms with Crippen LogP contribution >= 0.6 is 0 Å². The van der Waals surface area contributed by atoms with Crippen molar-refractivity contribution in [2.45, 2.75) is 13.1 Å². The van der Waals surface area contributed by atoms with Crippen molar-refractivity contribution >= 4 is 11.6 Å². The maximum atomic E-state index is 12.9. The summed E-state index contributed by atoms with van der Waals surface area (Å²) in [5.41, 5.74) is -0.692. The Labute approximate surface area is 119 Å². The fourth-order valence-electron chi connectivity index (χ4n) is 1.87. The van der Waals surface area contributed by atoms with E-state index in [0.717, 1.165) is 17.7 Å². The van der Waals surface area contributed by atoms with E-state index in [2.05, 4.69) is 5.32 Å². The second-order valence-corrected chi connectivity index (χ2v) is 4.52. The molecule has 0 aromatic heterocycles. The van der Waals surface area contributed by atoms with Crippen molar-refractivity contribution in [2.75, 3.05) is 5.32 Å². The van der Waals surface area contributed by atoms with Gasteiger partial charge in [-0.15, -0.1) is 0 Å². The predicted molar refractivity (Wildman–Crippen MR) is 72.2 cm³/mol. The second kappa shape index (κ2) is 5.47. The maximum absolute atomic E-state index is 12.9. The largest absolute Gasteiger partial charge is 0.506 e. The van der Waals surface area contributed by atoms with E-state index in [-0.39, 0.29) is 11.4 Å². The number of rotatable bonds is 2. The molecule has 110 valence electrons. The zero-order valence-electron chi connectivity index (χ0n) is 11.0. The number of carbonyl (C=O) groups is 1. The molecule has 0 saturated carbocycles. The summed E-state index contributed by atoms with van der Waals surface area (Å²) in [5, 5.41) is 12.0. The molecule has 0 aliphatic carbocycles. The van der Waals surface area contributed by atoms with Gasteiger partial charge in [-0.05, 0) is 36.8 Å². The molecule has 0 radical (unpaired) electrons. The van der Waals surface area contributed by atoms with Crippen LogP contribution in [0.4, 0.5) is 18.9 Å². The highest BCUT2D eigenvalue weighted by atomic mass is 19.4. The molecule has 2 aromatic rings. The lowest BCUT2D eigenvalue weighted by Crippen LogP contribution is -2.18. The van der Waals surface area contributed by atoms with E-state index in [4.69, 9.17) is 0 Å². The van der Waals surface area contributed by atoms with Gasteiger partial charge in [-0.3, -0.25) is 4.79 Å². The number of phenols is 1. The Morgan fingerprint density at radius 2 is 1.81 bits per heavy atom. The summed E-state index contributed by atoms with van der Waals surface area (Å²) in [6.45, 7) is 1.74. The third-order valence-corrected chi connectivity index (χ3v) is 2.88. The Balaban J connectivity index is 2.33. The third-order valence-electron chi connectivity index (χ3n) is 2.88. The van der Waals surface area contributed by atoms with Crippen molar-refractivity contribution in [3.05, 3.63) is 59.2 Å². The van der Waals surface area contributed by atoms with Crippen LogP contribution in [0.2, 0.25) is 0 Å². The summed E-state index contributed by atoms with van der Waals surface area (Å²) in [4.78, 5) is 12.0. The first kappa shape index (κ1) is 14.9. The molecule has 2 aromatic carbocycles. The van der Waals surface area contributed by atoms with Crippen LogP contribution in [-0.4, -0.2) is 11.0 Å². The van der Waals surface area contributed by atoms with Gasteiger partial charge >= 0.3 is 6.18 Å². The average Bonchev–Trinajstić information content (AvgIpc) is 2.41. The molecule has 0 atom stereocenters. The van der Waals surface area contributed by atoms with Crippen LogP contribution in [-0.2, 0) is 6.18 Å². The van der Waals surface area contributed by atoms with Gasteiger partial charge in [0, 0.05) is 0 Å². The highest BCUT2D eigenvalue weighted by molar-refractivity contribution is 6.06. The number of hydrogen-bond acceptors (Lipinski definition) is 2. The Morgan fingerprint density at radius 1 is 1.14 bits per heavy atom. The molecule has 0 aliphatic heterocycles. The molecule has 0 spiro atoms. The minimum Gasteiger partial charge on any atom is -0.506 e. The van der Waals surface area contributed by atoms with E-state index in [9.17, 15) is 23.1 Å². The van der Waals surface area contributed by atoms with Gasteiger partial charge in [-0.25, -0.2) is 0 Å². The average molecular weight is 295 g/mol. The second-order valence-electron chi connectivity index (χ2n) is 4.52. The van der Waals surface area contributed by atoms with Gasteiger partial charge < -0.3 is 10.4 Å². The van der Waals surface area contributed by atoms with E-state index < -0.39 is 23.2 Å². The lowest BCUT2D eigenvalue weighted by molar-refractivity contribution is -0.137. The Bertz CT molecular complexity index is 681. The summed E-state index contributed by atoms with van der Waals surface area (Å²) in [5.74, 6) is -1.13. The van der Waals surface area contributed by atoms with Gasteiger partial charge in [-0.2, -0.15) is 13.2 Å². The minimum atomic E-state index is -4.62. The summed E-state index contributed by atoms with van der Waals surface area (Å²) in [7, 11) is 0.